The fourth-order valence-electron chi connectivity index (χ4n) is 1.37. The molecule has 1 atom stereocenters. The molecule has 1 aliphatic heterocycles. The van der Waals surface area contributed by atoms with Crippen molar-refractivity contribution in [3.63, 3.8) is 0 Å². The Morgan fingerprint density at radius 1 is 1.80 bits per heavy atom. The van der Waals surface area contributed by atoms with Crippen molar-refractivity contribution >= 4 is 11.8 Å². The normalized spacial score (nSPS) is 18.3. The van der Waals surface area contributed by atoms with Gasteiger partial charge in [-0.15, -0.1) is 0 Å². The second kappa shape index (κ2) is 4.16. The standard InChI is InChI=1S/C10H12N2O3/c1-2-14-10(13)8-6-12-9-7(15-8)4-3-5-11-9/h3-5,8H,2,6H2,1H3,(H,11,12). The first-order valence-electron chi connectivity index (χ1n) is 4.83. The van der Waals surface area contributed by atoms with Crippen LogP contribution in [0.1, 0.15) is 6.92 Å². The molecule has 80 valence electrons. The Bertz CT molecular complexity index is 367. The van der Waals surface area contributed by atoms with Crippen molar-refractivity contribution in [1.82, 2.24) is 4.98 Å². The van der Waals surface area contributed by atoms with Gasteiger partial charge >= 0.3 is 5.97 Å². The van der Waals surface area contributed by atoms with E-state index >= 15 is 0 Å². The zero-order chi connectivity index (χ0) is 10.7. The molecule has 1 N–H and O–H groups in total. The van der Waals surface area contributed by atoms with Crippen molar-refractivity contribution in [2.24, 2.45) is 0 Å². The van der Waals surface area contributed by atoms with Gasteiger partial charge in [-0.3, -0.25) is 0 Å². The predicted molar refractivity (Wildman–Crippen MR) is 53.8 cm³/mol. The summed E-state index contributed by atoms with van der Waals surface area (Å²) >= 11 is 0. The fraction of sp³-hybridized carbons (Fsp3) is 0.400. The summed E-state index contributed by atoms with van der Waals surface area (Å²) in [5.74, 6) is 0.902. The molecule has 0 spiro atoms. The quantitative estimate of drug-likeness (QED) is 0.729. The van der Waals surface area contributed by atoms with Gasteiger partial charge in [0, 0.05) is 6.20 Å². The number of hydrogen-bond donors (Lipinski definition) is 1. The number of carbonyl (C=O) groups excluding carboxylic acids is 1. The number of nitrogens with zero attached hydrogens (tertiary/aromatic N) is 1. The van der Waals surface area contributed by atoms with Gasteiger partial charge in [0.1, 0.15) is 0 Å². The molecule has 0 fully saturated rings. The average molecular weight is 208 g/mol. The highest BCUT2D eigenvalue weighted by Gasteiger charge is 2.27. The van der Waals surface area contributed by atoms with Crippen molar-refractivity contribution in [3.8, 4) is 5.75 Å². The lowest BCUT2D eigenvalue weighted by atomic mass is 10.3. The monoisotopic (exact) mass is 208 g/mol. The zero-order valence-electron chi connectivity index (χ0n) is 8.40. The molecule has 0 radical (unpaired) electrons. The lowest BCUT2D eigenvalue weighted by Gasteiger charge is -2.24. The molecule has 15 heavy (non-hydrogen) atoms. The number of fused-ring (bicyclic) bond motifs is 1. The first kappa shape index (κ1) is 9.76. The number of esters is 1. The molecule has 1 aliphatic rings. The molecule has 5 nitrogen and oxygen atoms in total. The van der Waals surface area contributed by atoms with Gasteiger partial charge in [-0.1, -0.05) is 0 Å². The van der Waals surface area contributed by atoms with Crippen LogP contribution in [0.25, 0.3) is 0 Å². The summed E-state index contributed by atoms with van der Waals surface area (Å²) in [6.45, 7) is 2.52. The number of anilines is 1. The minimum Gasteiger partial charge on any atom is -0.473 e. The molecule has 2 rings (SSSR count). The van der Waals surface area contributed by atoms with Crippen LogP contribution in [0.15, 0.2) is 18.3 Å². The van der Waals surface area contributed by atoms with E-state index in [4.69, 9.17) is 9.47 Å². The van der Waals surface area contributed by atoms with Crippen LogP contribution in [0, 0.1) is 0 Å². The van der Waals surface area contributed by atoms with E-state index < -0.39 is 6.10 Å². The number of rotatable bonds is 2. The van der Waals surface area contributed by atoms with Crippen molar-refractivity contribution in [1.29, 1.82) is 0 Å². The summed E-state index contributed by atoms with van der Waals surface area (Å²) in [7, 11) is 0. The molecule has 1 unspecified atom stereocenters. The van der Waals surface area contributed by atoms with Crippen LogP contribution < -0.4 is 10.1 Å². The molecular weight excluding hydrogens is 196 g/mol. The Balaban J connectivity index is 2.08. The van der Waals surface area contributed by atoms with E-state index in [1.807, 2.05) is 0 Å². The van der Waals surface area contributed by atoms with Gasteiger partial charge in [0.15, 0.2) is 11.6 Å². The molecule has 0 aliphatic carbocycles. The van der Waals surface area contributed by atoms with Gasteiger partial charge in [-0.25, -0.2) is 9.78 Å². The average Bonchev–Trinajstić information content (AvgIpc) is 2.29. The highest BCUT2D eigenvalue weighted by Crippen LogP contribution is 2.25. The number of ether oxygens (including phenoxy) is 2. The third-order valence-corrected chi connectivity index (χ3v) is 2.04. The Morgan fingerprint density at radius 3 is 3.47 bits per heavy atom. The first-order chi connectivity index (χ1) is 7.31. The second-order valence-corrected chi connectivity index (χ2v) is 3.09. The summed E-state index contributed by atoms with van der Waals surface area (Å²) in [5, 5.41) is 3.02. The third kappa shape index (κ3) is 2.01. The number of hydrogen-bond acceptors (Lipinski definition) is 5. The largest absolute Gasteiger partial charge is 0.473 e. The van der Waals surface area contributed by atoms with Crippen molar-refractivity contribution < 1.29 is 14.3 Å². The Labute approximate surface area is 87.4 Å². The van der Waals surface area contributed by atoms with Crippen LogP contribution in [0.4, 0.5) is 5.82 Å². The van der Waals surface area contributed by atoms with Gasteiger partial charge in [0.05, 0.1) is 13.2 Å². The summed E-state index contributed by atoms with van der Waals surface area (Å²) in [6, 6.07) is 3.52. The van der Waals surface area contributed by atoms with E-state index in [-0.39, 0.29) is 5.97 Å². The van der Waals surface area contributed by atoms with E-state index in [2.05, 4.69) is 10.3 Å². The molecular formula is C10H12N2O3. The van der Waals surface area contributed by atoms with Crippen molar-refractivity contribution in [3.05, 3.63) is 18.3 Å². The SMILES string of the molecule is CCOC(=O)C1CNc2ncccc2O1. The molecule has 0 bridgehead atoms. The van der Waals surface area contributed by atoms with Gasteiger partial charge in [0.2, 0.25) is 6.10 Å². The van der Waals surface area contributed by atoms with E-state index in [1.54, 1.807) is 25.3 Å². The van der Waals surface area contributed by atoms with Crippen LogP contribution in [0.2, 0.25) is 0 Å². The molecule has 0 saturated carbocycles. The van der Waals surface area contributed by atoms with Crippen LogP contribution in [-0.4, -0.2) is 30.2 Å². The Hall–Kier alpha value is -1.78. The molecule has 1 aromatic rings. The maximum absolute atomic E-state index is 11.4. The Morgan fingerprint density at radius 2 is 2.67 bits per heavy atom. The molecule has 0 saturated heterocycles. The van der Waals surface area contributed by atoms with Crippen LogP contribution >= 0.6 is 0 Å². The maximum Gasteiger partial charge on any atom is 0.349 e. The van der Waals surface area contributed by atoms with Crippen molar-refractivity contribution in [2.45, 2.75) is 13.0 Å². The molecule has 2 heterocycles. The lowest BCUT2D eigenvalue weighted by Crippen LogP contribution is -2.39. The van der Waals surface area contributed by atoms with E-state index in [9.17, 15) is 4.79 Å². The maximum atomic E-state index is 11.4. The molecule has 1 aromatic heterocycles. The topological polar surface area (TPSA) is 60.5 Å². The van der Waals surface area contributed by atoms with Crippen LogP contribution in [0.3, 0.4) is 0 Å². The van der Waals surface area contributed by atoms with Gasteiger partial charge in [-0.2, -0.15) is 0 Å². The van der Waals surface area contributed by atoms with E-state index in [0.717, 1.165) is 0 Å². The van der Waals surface area contributed by atoms with Gasteiger partial charge in [-0.05, 0) is 19.1 Å². The summed E-state index contributed by atoms with van der Waals surface area (Å²) in [6.07, 6.45) is 1.08. The molecule has 0 aromatic carbocycles. The summed E-state index contributed by atoms with van der Waals surface area (Å²) in [5.41, 5.74) is 0. The highest BCUT2D eigenvalue weighted by atomic mass is 16.6. The Kier molecular flexibility index (Phi) is 2.71. The minimum absolute atomic E-state index is 0.348. The van der Waals surface area contributed by atoms with Crippen LogP contribution in [-0.2, 0) is 9.53 Å². The number of pyridine rings is 1. The van der Waals surface area contributed by atoms with E-state index in [1.165, 1.54) is 0 Å². The van der Waals surface area contributed by atoms with Gasteiger partial charge < -0.3 is 14.8 Å². The van der Waals surface area contributed by atoms with Gasteiger partial charge in [0.25, 0.3) is 0 Å². The lowest BCUT2D eigenvalue weighted by molar-refractivity contribution is -0.150. The summed E-state index contributed by atoms with van der Waals surface area (Å²) < 4.78 is 10.3. The molecule has 5 heteroatoms. The predicted octanol–water partition coefficient (Wildman–Crippen LogP) is 0.818. The fourth-order valence-corrected chi connectivity index (χ4v) is 1.37. The zero-order valence-corrected chi connectivity index (χ0v) is 8.40. The number of aromatic nitrogens is 1. The van der Waals surface area contributed by atoms with Crippen LogP contribution in [0.5, 0.6) is 5.75 Å². The number of carbonyl (C=O) groups is 1. The van der Waals surface area contributed by atoms with E-state index in [0.29, 0.717) is 24.7 Å². The third-order valence-electron chi connectivity index (χ3n) is 2.04. The van der Waals surface area contributed by atoms with Crippen molar-refractivity contribution in [2.75, 3.05) is 18.5 Å². The smallest absolute Gasteiger partial charge is 0.349 e. The highest BCUT2D eigenvalue weighted by molar-refractivity contribution is 5.77. The minimum atomic E-state index is -0.582. The first-order valence-corrected chi connectivity index (χ1v) is 4.83. The number of nitrogens with one attached hydrogen (secondary N) is 1. The molecule has 0 amide bonds. The summed E-state index contributed by atoms with van der Waals surface area (Å²) in [4.78, 5) is 15.5. The second-order valence-electron chi connectivity index (χ2n) is 3.09.